The summed E-state index contributed by atoms with van der Waals surface area (Å²) in [6.45, 7) is 1.91. The van der Waals surface area contributed by atoms with Crippen molar-refractivity contribution in [1.82, 2.24) is 4.31 Å². The number of nitrogens with zero attached hydrogens (tertiary/aromatic N) is 1. The van der Waals surface area contributed by atoms with Crippen LogP contribution in [0.3, 0.4) is 0 Å². The Balaban J connectivity index is 1.24. The molecule has 2 fully saturated rings. The van der Waals surface area contributed by atoms with Crippen molar-refractivity contribution in [2.45, 2.75) is 55.4 Å². The summed E-state index contributed by atoms with van der Waals surface area (Å²) in [5.74, 6) is -0.169. The van der Waals surface area contributed by atoms with Gasteiger partial charge in [-0.2, -0.15) is 4.31 Å². The van der Waals surface area contributed by atoms with Gasteiger partial charge in [0.05, 0.1) is 48.9 Å². The number of aryl methyl sites for hydroxylation is 1. The Bertz CT molecular complexity index is 1380. The SMILES string of the molecule is Cc1cccc(S(=O)(=O)N2C[C@@H](O)COC[C@@H]3O[C@@H](CC(=O)Nc4ccc(-c5ccccc5)cc4)CC[C@H]32)c1. The van der Waals surface area contributed by atoms with Crippen LogP contribution in [-0.4, -0.2) is 67.8 Å². The van der Waals surface area contributed by atoms with Crippen LogP contribution < -0.4 is 5.32 Å². The average Bonchev–Trinajstić information content (AvgIpc) is 2.92. The molecule has 0 saturated carbocycles. The maximum Gasteiger partial charge on any atom is 0.243 e. The summed E-state index contributed by atoms with van der Waals surface area (Å²) in [5.41, 5.74) is 3.71. The first-order chi connectivity index (χ1) is 18.8. The smallest absolute Gasteiger partial charge is 0.243 e. The minimum absolute atomic E-state index is 0.0105. The van der Waals surface area contributed by atoms with E-state index in [1.54, 1.807) is 18.2 Å². The van der Waals surface area contributed by atoms with Crippen molar-refractivity contribution < 1.29 is 27.8 Å². The van der Waals surface area contributed by atoms with Gasteiger partial charge in [-0.25, -0.2) is 8.42 Å². The highest BCUT2D eigenvalue weighted by Gasteiger charge is 2.43. The van der Waals surface area contributed by atoms with E-state index in [0.29, 0.717) is 18.5 Å². The number of amides is 1. The maximum atomic E-state index is 13.6. The van der Waals surface area contributed by atoms with E-state index in [0.717, 1.165) is 16.7 Å². The van der Waals surface area contributed by atoms with Crippen molar-refractivity contribution in [3.63, 3.8) is 0 Å². The van der Waals surface area contributed by atoms with E-state index in [-0.39, 0.29) is 43.1 Å². The van der Waals surface area contributed by atoms with Gasteiger partial charge in [-0.3, -0.25) is 4.79 Å². The molecule has 2 aliphatic heterocycles. The zero-order valence-corrected chi connectivity index (χ0v) is 22.7. The number of anilines is 1. The lowest BCUT2D eigenvalue weighted by Crippen LogP contribution is -2.57. The van der Waals surface area contributed by atoms with E-state index < -0.39 is 28.3 Å². The maximum absolute atomic E-state index is 13.6. The molecule has 4 atom stereocenters. The molecule has 0 aromatic heterocycles. The molecule has 1 amide bonds. The van der Waals surface area contributed by atoms with Gasteiger partial charge in [-0.05, 0) is 60.7 Å². The van der Waals surface area contributed by atoms with Crippen LogP contribution in [0, 0.1) is 6.92 Å². The summed E-state index contributed by atoms with van der Waals surface area (Å²) >= 11 is 0. The molecular formula is C30H34N2O6S. The molecule has 2 N–H and O–H groups in total. The fourth-order valence-electron chi connectivity index (χ4n) is 5.28. The Morgan fingerprint density at radius 1 is 0.974 bits per heavy atom. The number of hydrogen-bond donors (Lipinski definition) is 2. The molecular weight excluding hydrogens is 516 g/mol. The number of ether oxygens (including phenoxy) is 2. The zero-order chi connectivity index (χ0) is 27.4. The van der Waals surface area contributed by atoms with Crippen molar-refractivity contribution >= 4 is 21.6 Å². The number of β-amino-alcohol motifs (C(OH)–C–C–N with tert-alkyl or cyclic N) is 1. The highest BCUT2D eigenvalue weighted by atomic mass is 32.2. The van der Waals surface area contributed by atoms with Gasteiger partial charge in [0.25, 0.3) is 0 Å². The number of sulfonamides is 1. The summed E-state index contributed by atoms with van der Waals surface area (Å²) in [6.07, 6.45) is -0.702. The average molecular weight is 551 g/mol. The monoisotopic (exact) mass is 550 g/mol. The highest BCUT2D eigenvalue weighted by Crippen LogP contribution is 2.32. The third-order valence-electron chi connectivity index (χ3n) is 7.22. The van der Waals surface area contributed by atoms with Gasteiger partial charge in [0.15, 0.2) is 0 Å². The zero-order valence-electron chi connectivity index (χ0n) is 21.9. The molecule has 206 valence electrons. The summed E-state index contributed by atoms with van der Waals surface area (Å²) < 4.78 is 40.5. The van der Waals surface area contributed by atoms with Gasteiger partial charge >= 0.3 is 0 Å². The van der Waals surface area contributed by atoms with Gasteiger partial charge in [-0.1, -0.05) is 54.6 Å². The Labute approximate surface area is 229 Å². The van der Waals surface area contributed by atoms with Crippen LogP contribution in [0.5, 0.6) is 0 Å². The number of aliphatic hydroxyl groups is 1. The lowest BCUT2D eigenvalue weighted by molar-refractivity contribution is -0.144. The number of rotatable bonds is 6. The Morgan fingerprint density at radius 2 is 1.72 bits per heavy atom. The third-order valence-corrected chi connectivity index (χ3v) is 9.11. The van der Waals surface area contributed by atoms with Crippen molar-refractivity contribution in [2.75, 3.05) is 25.1 Å². The third kappa shape index (κ3) is 6.57. The second kappa shape index (κ2) is 12.0. The van der Waals surface area contributed by atoms with E-state index in [1.165, 1.54) is 4.31 Å². The molecule has 0 unspecified atom stereocenters. The normalized spacial score (nSPS) is 24.3. The fraction of sp³-hybridized carbons (Fsp3) is 0.367. The number of nitrogens with one attached hydrogen (secondary N) is 1. The quantitative estimate of drug-likeness (QED) is 0.481. The molecule has 3 aromatic rings. The largest absolute Gasteiger partial charge is 0.389 e. The Kier molecular flexibility index (Phi) is 8.44. The van der Waals surface area contributed by atoms with Crippen molar-refractivity contribution in [1.29, 1.82) is 0 Å². The molecule has 9 heteroatoms. The van der Waals surface area contributed by atoms with Gasteiger partial charge in [0.2, 0.25) is 15.9 Å². The van der Waals surface area contributed by atoms with E-state index in [1.807, 2.05) is 67.6 Å². The van der Waals surface area contributed by atoms with E-state index >= 15 is 0 Å². The first-order valence-electron chi connectivity index (χ1n) is 13.2. The van der Waals surface area contributed by atoms with Crippen LogP contribution in [0.1, 0.15) is 24.8 Å². The number of aliphatic hydroxyl groups excluding tert-OH is 1. The molecule has 0 spiro atoms. The predicted molar refractivity (Wildman–Crippen MR) is 149 cm³/mol. The molecule has 0 aliphatic carbocycles. The number of carbonyl (C=O) groups is 1. The summed E-state index contributed by atoms with van der Waals surface area (Å²) in [5, 5.41) is 13.3. The summed E-state index contributed by atoms with van der Waals surface area (Å²) in [6, 6.07) is 24.0. The summed E-state index contributed by atoms with van der Waals surface area (Å²) in [4.78, 5) is 13.0. The van der Waals surface area contributed by atoms with E-state index in [4.69, 9.17) is 9.47 Å². The van der Waals surface area contributed by atoms with Crippen molar-refractivity contribution in [2.24, 2.45) is 0 Å². The minimum Gasteiger partial charge on any atom is -0.389 e. The Hall–Kier alpha value is -3.08. The van der Waals surface area contributed by atoms with Gasteiger partial charge < -0.3 is 19.9 Å². The standard InChI is InChI=1S/C30H34N2O6S/c1-21-6-5-9-27(16-21)39(35,36)32-18-25(33)19-37-20-29-28(32)15-14-26(38-29)17-30(34)31-24-12-10-23(11-13-24)22-7-3-2-4-8-22/h2-13,16,25-26,28-29,33H,14-15,17-20H2,1H3,(H,31,34)/t25-,26-,28-,29+/m1/s1. The molecule has 8 nitrogen and oxygen atoms in total. The van der Waals surface area contributed by atoms with Gasteiger partial charge in [0, 0.05) is 12.2 Å². The molecule has 2 aliphatic rings. The van der Waals surface area contributed by atoms with E-state index in [9.17, 15) is 18.3 Å². The van der Waals surface area contributed by atoms with Crippen LogP contribution in [-0.2, 0) is 24.3 Å². The van der Waals surface area contributed by atoms with Gasteiger partial charge in [0.1, 0.15) is 0 Å². The molecule has 5 rings (SSSR count). The second-order valence-corrected chi connectivity index (χ2v) is 12.1. The van der Waals surface area contributed by atoms with Crippen LogP contribution in [0.15, 0.2) is 83.8 Å². The van der Waals surface area contributed by atoms with Crippen LogP contribution in [0.2, 0.25) is 0 Å². The predicted octanol–water partition coefficient (Wildman–Crippen LogP) is 3.99. The lowest BCUT2D eigenvalue weighted by atomic mass is 9.96. The number of benzene rings is 3. The molecule has 2 saturated heterocycles. The van der Waals surface area contributed by atoms with E-state index in [2.05, 4.69) is 5.32 Å². The van der Waals surface area contributed by atoms with Crippen molar-refractivity contribution in [3.05, 3.63) is 84.4 Å². The molecule has 39 heavy (non-hydrogen) atoms. The van der Waals surface area contributed by atoms with Crippen LogP contribution in [0.25, 0.3) is 11.1 Å². The first-order valence-corrected chi connectivity index (χ1v) is 14.7. The molecule has 2 heterocycles. The summed E-state index contributed by atoms with van der Waals surface area (Å²) in [7, 11) is -3.87. The molecule has 0 radical (unpaired) electrons. The van der Waals surface area contributed by atoms with Crippen LogP contribution >= 0.6 is 0 Å². The Morgan fingerprint density at radius 3 is 2.46 bits per heavy atom. The highest BCUT2D eigenvalue weighted by molar-refractivity contribution is 7.89. The lowest BCUT2D eigenvalue weighted by Gasteiger charge is -2.43. The minimum atomic E-state index is -3.87. The molecule has 3 aromatic carbocycles. The first kappa shape index (κ1) is 27.5. The fourth-order valence-corrected chi connectivity index (χ4v) is 7.10. The topological polar surface area (TPSA) is 105 Å². The number of carbonyl (C=O) groups excluding carboxylic acids is 1. The van der Waals surface area contributed by atoms with Crippen LogP contribution in [0.4, 0.5) is 5.69 Å². The number of fused-ring (bicyclic) bond motifs is 1. The van der Waals surface area contributed by atoms with Gasteiger partial charge in [-0.15, -0.1) is 0 Å². The molecule has 0 bridgehead atoms. The second-order valence-electron chi connectivity index (χ2n) is 10.2. The van der Waals surface area contributed by atoms with Crippen molar-refractivity contribution in [3.8, 4) is 11.1 Å². The number of hydrogen-bond acceptors (Lipinski definition) is 6.